The first-order chi connectivity index (χ1) is 11.1. The molecular formula is C20H19N2O+. The van der Waals surface area contributed by atoms with E-state index in [4.69, 9.17) is 0 Å². The molecule has 0 atom stereocenters. The van der Waals surface area contributed by atoms with Gasteiger partial charge in [0.05, 0.1) is 5.52 Å². The summed E-state index contributed by atoms with van der Waals surface area (Å²) in [6.45, 7) is 6.37. The Kier molecular flexibility index (Phi) is 2.98. The average molecular weight is 303 g/mol. The summed E-state index contributed by atoms with van der Waals surface area (Å²) >= 11 is 0. The number of para-hydroxylation sites is 1. The van der Waals surface area contributed by atoms with E-state index < -0.39 is 0 Å². The summed E-state index contributed by atoms with van der Waals surface area (Å²) in [6, 6.07) is 10.5. The first kappa shape index (κ1) is 13.9. The van der Waals surface area contributed by atoms with Crippen molar-refractivity contribution in [2.45, 2.75) is 27.3 Å². The number of H-pyrrole nitrogens is 1. The molecule has 4 aromatic rings. The molecule has 23 heavy (non-hydrogen) atoms. The van der Waals surface area contributed by atoms with Crippen molar-refractivity contribution in [1.82, 2.24) is 4.98 Å². The average Bonchev–Trinajstić information content (AvgIpc) is 2.92. The molecule has 0 saturated carbocycles. The number of Topliss-reactive ketones (excluding diaryl/α,β-unsaturated/α-hetero) is 1. The fourth-order valence-electron chi connectivity index (χ4n) is 3.60. The van der Waals surface area contributed by atoms with Gasteiger partial charge < -0.3 is 4.98 Å². The van der Waals surface area contributed by atoms with Crippen LogP contribution >= 0.6 is 0 Å². The van der Waals surface area contributed by atoms with E-state index in [1.54, 1.807) is 6.92 Å². The Morgan fingerprint density at radius 1 is 1.04 bits per heavy atom. The van der Waals surface area contributed by atoms with Crippen LogP contribution in [0.4, 0.5) is 0 Å². The molecule has 0 aliphatic rings. The first-order valence-corrected chi connectivity index (χ1v) is 7.88. The molecule has 0 aliphatic carbocycles. The van der Waals surface area contributed by atoms with Gasteiger partial charge in [0.1, 0.15) is 0 Å². The number of nitrogens with one attached hydrogen (secondary N) is 1. The third-order valence-electron chi connectivity index (χ3n) is 4.69. The molecule has 3 heteroatoms. The number of fused-ring (bicyclic) bond motifs is 4. The molecule has 4 rings (SSSR count). The maximum absolute atomic E-state index is 11.4. The minimum Gasteiger partial charge on any atom is -0.354 e. The summed E-state index contributed by atoms with van der Waals surface area (Å²) in [5, 5.41) is 4.99. The van der Waals surface area contributed by atoms with Crippen LogP contribution in [0.5, 0.6) is 0 Å². The number of ketones is 1. The van der Waals surface area contributed by atoms with Crippen LogP contribution < -0.4 is 4.57 Å². The summed E-state index contributed by atoms with van der Waals surface area (Å²) in [4.78, 5) is 15.0. The number of rotatable bonds is 2. The fourth-order valence-corrected chi connectivity index (χ4v) is 3.60. The Morgan fingerprint density at radius 2 is 1.83 bits per heavy atom. The van der Waals surface area contributed by atoms with Crippen molar-refractivity contribution in [1.29, 1.82) is 0 Å². The Hall–Kier alpha value is -2.68. The number of hydrogen-bond donors (Lipinski definition) is 1. The lowest BCUT2D eigenvalue weighted by atomic mass is 9.97. The van der Waals surface area contributed by atoms with Crippen molar-refractivity contribution in [3.8, 4) is 0 Å². The number of carbonyl (C=O) groups excluding carboxylic acids is 1. The standard InChI is InChI=1S/C20H18N2O/c1-12(23)10-22-9-8-15-14(3)20-19(13(2)17(15)11-22)16-6-4-5-7-18(16)21-20/h4-9,11H,10H2,1-3H3/p+1. The molecule has 2 aromatic carbocycles. The lowest BCUT2D eigenvalue weighted by Gasteiger charge is -2.08. The third-order valence-corrected chi connectivity index (χ3v) is 4.69. The third kappa shape index (κ3) is 2.04. The second-order valence-electron chi connectivity index (χ2n) is 6.32. The lowest BCUT2D eigenvalue weighted by Crippen LogP contribution is -2.36. The number of pyridine rings is 1. The molecular weight excluding hydrogens is 284 g/mol. The number of nitrogens with zero attached hydrogens (tertiary/aromatic N) is 1. The molecule has 0 radical (unpaired) electrons. The van der Waals surface area contributed by atoms with E-state index in [0.29, 0.717) is 6.54 Å². The number of carbonyl (C=O) groups is 1. The molecule has 0 saturated heterocycles. The minimum atomic E-state index is 0.164. The van der Waals surface area contributed by atoms with Gasteiger partial charge >= 0.3 is 0 Å². The van der Waals surface area contributed by atoms with E-state index in [2.05, 4.69) is 55.4 Å². The highest BCUT2D eigenvalue weighted by atomic mass is 16.1. The molecule has 2 heterocycles. The van der Waals surface area contributed by atoms with Crippen LogP contribution in [0, 0.1) is 13.8 Å². The highest BCUT2D eigenvalue weighted by Crippen LogP contribution is 2.35. The second-order valence-corrected chi connectivity index (χ2v) is 6.32. The van der Waals surface area contributed by atoms with Gasteiger partial charge in [-0.3, -0.25) is 4.79 Å². The summed E-state index contributed by atoms with van der Waals surface area (Å²) in [7, 11) is 0. The van der Waals surface area contributed by atoms with Crippen LogP contribution in [0.25, 0.3) is 32.6 Å². The van der Waals surface area contributed by atoms with Crippen molar-refractivity contribution in [2.75, 3.05) is 0 Å². The van der Waals surface area contributed by atoms with Crippen LogP contribution in [0.3, 0.4) is 0 Å². The molecule has 0 aliphatic heterocycles. The zero-order valence-corrected chi connectivity index (χ0v) is 13.6. The van der Waals surface area contributed by atoms with Crippen molar-refractivity contribution in [3.05, 3.63) is 53.9 Å². The molecule has 1 N–H and O–H groups in total. The van der Waals surface area contributed by atoms with Crippen molar-refractivity contribution in [2.24, 2.45) is 0 Å². The van der Waals surface area contributed by atoms with E-state index in [0.717, 1.165) is 0 Å². The summed E-state index contributed by atoms with van der Waals surface area (Å²) in [5.41, 5.74) is 4.89. The molecule has 0 spiro atoms. The van der Waals surface area contributed by atoms with Crippen LogP contribution in [0.1, 0.15) is 18.1 Å². The fraction of sp³-hybridized carbons (Fsp3) is 0.200. The summed E-state index contributed by atoms with van der Waals surface area (Å²) in [6.07, 6.45) is 4.09. The van der Waals surface area contributed by atoms with Gasteiger partial charge in [0.25, 0.3) is 0 Å². The molecule has 114 valence electrons. The second kappa shape index (κ2) is 4.92. The maximum Gasteiger partial charge on any atom is 0.206 e. The van der Waals surface area contributed by atoms with Crippen LogP contribution in [-0.2, 0) is 11.3 Å². The van der Waals surface area contributed by atoms with E-state index in [-0.39, 0.29) is 5.78 Å². The quantitative estimate of drug-likeness (QED) is 0.559. The van der Waals surface area contributed by atoms with Gasteiger partial charge in [-0.25, -0.2) is 0 Å². The maximum atomic E-state index is 11.4. The van der Waals surface area contributed by atoms with E-state index in [9.17, 15) is 4.79 Å². The molecule has 0 unspecified atom stereocenters. The smallest absolute Gasteiger partial charge is 0.206 e. The summed E-state index contributed by atoms with van der Waals surface area (Å²) in [5.74, 6) is 0.164. The molecule has 2 aromatic heterocycles. The molecule has 0 amide bonds. The van der Waals surface area contributed by atoms with Gasteiger partial charge in [0.15, 0.2) is 18.2 Å². The topological polar surface area (TPSA) is 36.7 Å². The van der Waals surface area contributed by atoms with Gasteiger partial charge in [0, 0.05) is 34.7 Å². The van der Waals surface area contributed by atoms with E-state index in [1.165, 1.54) is 43.7 Å². The molecule has 3 nitrogen and oxygen atoms in total. The molecule has 0 fully saturated rings. The van der Waals surface area contributed by atoms with Gasteiger partial charge in [-0.1, -0.05) is 18.2 Å². The van der Waals surface area contributed by atoms with Crippen LogP contribution in [0.2, 0.25) is 0 Å². The highest BCUT2D eigenvalue weighted by Gasteiger charge is 2.16. The van der Waals surface area contributed by atoms with Crippen molar-refractivity contribution >= 4 is 38.4 Å². The van der Waals surface area contributed by atoms with E-state index >= 15 is 0 Å². The SMILES string of the molecule is CC(=O)C[n+]1ccc2c(C)c3[nH]c4ccccc4c3c(C)c2c1. The van der Waals surface area contributed by atoms with Gasteiger partial charge in [0.2, 0.25) is 6.54 Å². The Morgan fingerprint density at radius 3 is 2.61 bits per heavy atom. The Labute approximate surface area is 134 Å². The van der Waals surface area contributed by atoms with Crippen LogP contribution in [0.15, 0.2) is 42.7 Å². The highest BCUT2D eigenvalue weighted by molar-refractivity contribution is 6.16. The van der Waals surface area contributed by atoms with Crippen LogP contribution in [-0.4, -0.2) is 10.8 Å². The lowest BCUT2D eigenvalue weighted by molar-refractivity contribution is -0.682. The minimum absolute atomic E-state index is 0.164. The predicted octanol–water partition coefficient (Wildman–Crippen LogP) is 3.97. The van der Waals surface area contributed by atoms with Gasteiger partial charge in [-0.05, 0) is 36.4 Å². The Balaban J connectivity index is 2.15. The zero-order chi connectivity index (χ0) is 16.1. The first-order valence-electron chi connectivity index (χ1n) is 7.88. The number of hydrogen-bond acceptors (Lipinski definition) is 1. The number of aromatic amines is 1. The zero-order valence-electron chi connectivity index (χ0n) is 13.6. The summed E-state index contributed by atoms with van der Waals surface area (Å²) < 4.78 is 1.97. The number of benzene rings is 2. The van der Waals surface area contributed by atoms with Crippen molar-refractivity contribution in [3.63, 3.8) is 0 Å². The normalized spacial score (nSPS) is 11.6. The predicted molar refractivity (Wildman–Crippen MR) is 93.7 cm³/mol. The van der Waals surface area contributed by atoms with E-state index in [1.807, 2.05) is 10.8 Å². The number of aryl methyl sites for hydroxylation is 2. The molecule has 0 bridgehead atoms. The number of aromatic nitrogens is 2. The monoisotopic (exact) mass is 303 g/mol. The van der Waals surface area contributed by atoms with Crippen molar-refractivity contribution < 1.29 is 9.36 Å². The Bertz CT molecular complexity index is 1090. The van der Waals surface area contributed by atoms with Gasteiger partial charge in [-0.15, -0.1) is 0 Å². The van der Waals surface area contributed by atoms with Gasteiger partial charge in [-0.2, -0.15) is 4.57 Å². The largest absolute Gasteiger partial charge is 0.354 e.